The first-order chi connectivity index (χ1) is 13.3. The van der Waals surface area contributed by atoms with Gasteiger partial charge in [-0.3, -0.25) is 4.79 Å². The van der Waals surface area contributed by atoms with Crippen LogP contribution in [0.15, 0.2) is 18.2 Å². The van der Waals surface area contributed by atoms with Gasteiger partial charge >= 0.3 is 0 Å². The average Bonchev–Trinajstić information content (AvgIpc) is 2.61. The zero-order valence-electron chi connectivity index (χ0n) is 16.6. The summed E-state index contributed by atoms with van der Waals surface area (Å²) in [5.74, 6) is 1.39. The van der Waals surface area contributed by atoms with Crippen molar-refractivity contribution in [2.24, 2.45) is 17.3 Å². The predicted molar refractivity (Wildman–Crippen MR) is 115 cm³/mol. The molecule has 152 valence electrons. The van der Waals surface area contributed by atoms with Crippen LogP contribution in [0.2, 0.25) is 5.02 Å². The van der Waals surface area contributed by atoms with Gasteiger partial charge in [0.05, 0.1) is 50.0 Å². The van der Waals surface area contributed by atoms with Gasteiger partial charge in [0, 0.05) is 9.90 Å². The molecule has 0 spiro atoms. The number of anilines is 2. The number of hydrogen-bond donors (Lipinski definition) is 2. The van der Waals surface area contributed by atoms with Gasteiger partial charge in [-0.2, -0.15) is 0 Å². The van der Waals surface area contributed by atoms with Crippen LogP contribution >= 0.6 is 23.2 Å². The Morgan fingerprint density at radius 2 is 1.86 bits per heavy atom. The molecule has 1 heterocycles. The number of benzene rings is 1. The Hall–Kier alpha value is -0.970. The van der Waals surface area contributed by atoms with Crippen molar-refractivity contribution in [2.45, 2.75) is 43.4 Å². The third-order valence-electron chi connectivity index (χ3n) is 7.64. The van der Waals surface area contributed by atoms with Crippen molar-refractivity contribution in [1.29, 1.82) is 0 Å². The van der Waals surface area contributed by atoms with Crippen molar-refractivity contribution >= 4 is 40.5 Å². The summed E-state index contributed by atoms with van der Waals surface area (Å²) in [6.07, 6.45) is 6.26. The van der Waals surface area contributed by atoms with Gasteiger partial charge in [0.25, 0.3) is 0 Å². The van der Waals surface area contributed by atoms with Crippen molar-refractivity contribution in [2.75, 3.05) is 43.4 Å². The fraction of sp³-hybridized carbons (Fsp3) is 0.682. The number of carbonyl (C=O) groups excluding carboxylic acids is 1. The van der Waals surface area contributed by atoms with Crippen LogP contribution in [0.3, 0.4) is 0 Å². The van der Waals surface area contributed by atoms with E-state index in [2.05, 4.69) is 23.3 Å². The SMILES string of the molecule is C[NH+]1CCN(c2ccc(Cl)cc2NC(=O)C23C[C@@H]4C[C@@H](CC(Cl)(C4)C2)C3)CC1. The van der Waals surface area contributed by atoms with Gasteiger partial charge in [0.2, 0.25) is 5.91 Å². The van der Waals surface area contributed by atoms with Crippen molar-refractivity contribution in [1.82, 2.24) is 0 Å². The first-order valence-corrected chi connectivity index (χ1v) is 11.5. The molecule has 1 aliphatic heterocycles. The Morgan fingerprint density at radius 1 is 1.18 bits per heavy atom. The summed E-state index contributed by atoms with van der Waals surface area (Å²) in [6, 6.07) is 5.90. The Balaban J connectivity index is 1.40. The number of nitrogens with one attached hydrogen (secondary N) is 2. The zero-order valence-corrected chi connectivity index (χ0v) is 18.1. The van der Waals surface area contributed by atoms with E-state index >= 15 is 0 Å². The lowest BCUT2D eigenvalue weighted by Crippen LogP contribution is -3.12. The van der Waals surface area contributed by atoms with Crippen LogP contribution in [-0.2, 0) is 4.79 Å². The van der Waals surface area contributed by atoms with E-state index in [-0.39, 0.29) is 16.2 Å². The molecule has 4 saturated carbocycles. The van der Waals surface area contributed by atoms with Crippen molar-refractivity contribution in [3.63, 3.8) is 0 Å². The van der Waals surface area contributed by atoms with E-state index in [1.807, 2.05) is 12.1 Å². The van der Waals surface area contributed by atoms with Crippen molar-refractivity contribution < 1.29 is 9.69 Å². The van der Waals surface area contributed by atoms with Crippen LogP contribution in [-0.4, -0.2) is 44.0 Å². The van der Waals surface area contributed by atoms with E-state index in [4.69, 9.17) is 23.2 Å². The van der Waals surface area contributed by atoms with Crippen LogP contribution in [0.1, 0.15) is 38.5 Å². The standard InChI is InChI=1S/C22H29Cl2N3O/c1-26-4-6-27(7-5-26)19-3-2-17(23)9-18(19)25-20(28)21-10-15-8-16(11-21)13-22(24,12-15)14-21/h2-3,9,15-16H,4-8,10-14H2,1H3,(H,25,28)/p+1/t15-,16+,21?,22?. The number of hydrogen-bond acceptors (Lipinski definition) is 2. The second-order valence-corrected chi connectivity index (χ2v) is 11.2. The number of halogens is 2. The quantitative estimate of drug-likeness (QED) is 0.733. The fourth-order valence-corrected chi connectivity index (χ4v) is 7.55. The highest BCUT2D eigenvalue weighted by Crippen LogP contribution is 2.64. The first-order valence-electron chi connectivity index (χ1n) is 10.7. The van der Waals surface area contributed by atoms with E-state index in [1.165, 1.54) is 6.42 Å². The van der Waals surface area contributed by atoms with Crippen LogP contribution < -0.4 is 15.1 Å². The number of quaternary nitrogens is 1. The molecule has 28 heavy (non-hydrogen) atoms. The van der Waals surface area contributed by atoms with Gasteiger partial charge < -0.3 is 15.1 Å². The number of rotatable bonds is 3. The minimum atomic E-state index is -0.294. The summed E-state index contributed by atoms with van der Waals surface area (Å²) in [5, 5.41) is 3.97. The molecule has 4 nitrogen and oxygen atoms in total. The average molecular weight is 423 g/mol. The highest BCUT2D eigenvalue weighted by atomic mass is 35.5. The highest BCUT2D eigenvalue weighted by molar-refractivity contribution is 6.31. The van der Waals surface area contributed by atoms with E-state index < -0.39 is 0 Å². The van der Waals surface area contributed by atoms with E-state index in [0.717, 1.165) is 69.7 Å². The second-order valence-electron chi connectivity index (χ2n) is 9.95. The smallest absolute Gasteiger partial charge is 0.230 e. The first kappa shape index (κ1) is 19.0. The molecule has 4 aliphatic carbocycles. The lowest BCUT2D eigenvalue weighted by molar-refractivity contribution is -0.880. The number of piperazine rings is 1. The summed E-state index contributed by atoms with van der Waals surface area (Å²) in [7, 11) is 2.23. The van der Waals surface area contributed by atoms with Crippen LogP contribution in [0.4, 0.5) is 11.4 Å². The van der Waals surface area contributed by atoms with E-state index in [0.29, 0.717) is 16.9 Å². The summed E-state index contributed by atoms with van der Waals surface area (Å²) in [5.41, 5.74) is 1.66. The summed E-state index contributed by atoms with van der Waals surface area (Å²) >= 11 is 13.3. The molecule has 1 aromatic carbocycles. The molecule has 4 atom stereocenters. The number of amides is 1. The van der Waals surface area contributed by atoms with Gasteiger partial charge in [0.1, 0.15) is 0 Å². The van der Waals surface area contributed by atoms with E-state index in [9.17, 15) is 4.79 Å². The summed E-state index contributed by atoms with van der Waals surface area (Å²) in [6.45, 7) is 4.21. The van der Waals surface area contributed by atoms with Crippen LogP contribution in [0.25, 0.3) is 0 Å². The molecule has 5 fully saturated rings. The Kier molecular flexibility index (Phi) is 4.61. The van der Waals surface area contributed by atoms with Crippen LogP contribution in [0, 0.1) is 17.3 Å². The summed E-state index contributed by atoms with van der Waals surface area (Å²) in [4.78, 5) is 17.3. The fourth-order valence-electron chi connectivity index (χ4n) is 6.68. The molecule has 6 rings (SSSR count). The monoisotopic (exact) mass is 422 g/mol. The summed E-state index contributed by atoms with van der Waals surface area (Å²) < 4.78 is 0. The lowest BCUT2D eigenvalue weighted by Gasteiger charge is -2.59. The molecular weight excluding hydrogens is 393 g/mol. The largest absolute Gasteiger partial charge is 0.359 e. The molecule has 0 aromatic heterocycles. The lowest BCUT2D eigenvalue weighted by atomic mass is 9.49. The Bertz CT molecular complexity index is 776. The van der Waals surface area contributed by atoms with E-state index in [1.54, 1.807) is 4.90 Å². The van der Waals surface area contributed by atoms with Crippen molar-refractivity contribution in [3.05, 3.63) is 23.2 Å². The van der Waals surface area contributed by atoms with Gasteiger partial charge in [-0.05, 0) is 68.6 Å². The van der Waals surface area contributed by atoms with Gasteiger partial charge in [-0.15, -0.1) is 11.6 Å². The predicted octanol–water partition coefficient (Wildman–Crippen LogP) is 3.19. The topological polar surface area (TPSA) is 36.8 Å². The van der Waals surface area contributed by atoms with Gasteiger partial charge in [-0.25, -0.2) is 0 Å². The maximum atomic E-state index is 13.6. The minimum absolute atomic E-state index is 0.154. The molecule has 4 bridgehead atoms. The molecule has 5 aliphatic rings. The van der Waals surface area contributed by atoms with Gasteiger partial charge in [-0.1, -0.05) is 11.6 Å². The number of alkyl halides is 1. The normalized spacial score (nSPS) is 37.3. The van der Waals surface area contributed by atoms with Crippen molar-refractivity contribution in [3.8, 4) is 0 Å². The highest BCUT2D eigenvalue weighted by Gasteiger charge is 2.60. The maximum Gasteiger partial charge on any atom is 0.230 e. The molecule has 1 saturated heterocycles. The van der Waals surface area contributed by atoms with Crippen LogP contribution in [0.5, 0.6) is 0 Å². The molecule has 2 N–H and O–H groups in total. The molecular formula is C22H30Cl2N3O+. The maximum absolute atomic E-state index is 13.6. The Morgan fingerprint density at radius 3 is 2.50 bits per heavy atom. The number of carbonyl (C=O) groups is 1. The molecule has 0 radical (unpaired) electrons. The Labute approximate surface area is 177 Å². The second kappa shape index (κ2) is 6.78. The zero-order chi connectivity index (χ0) is 19.5. The van der Waals surface area contributed by atoms with Gasteiger partial charge in [0.15, 0.2) is 0 Å². The third-order valence-corrected chi connectivity index (χ3v) is 8.31. The minimum Gasteiger partial charge on any atom is -0.359 e. The molecule has 2 unspecified atom stereocenters. The third kappa shape index (κ3) is 3.32. The molecule has 1 amide bonds. The number of likely N-dealkylation sites (N-methyl/N-ethyl adjacent to an activating group) is 1. The number of nitrogens with zero attached hydrogens (tertiary/aromatic N) is 1. The molecule has 1 aromatic rings. The molecule has 6 heteroatoms.